The summed E-state index contributed by atoms with van der Waals surface area (Å²) < 4.78 is 17.3. The summed E-state index contributed by atoms with van der Waals surface area (Å²) in [6, 6.07) is 10.3. The van der Waals surface area contributed by atoms with E-state index in [1.54, 1.807) is 0 Å². The van der Waals surface area contributed by atoms with E-state index in [2.05, 4.69) is 39.8 Å². The molecule has 0 bridgehead atoms. The zero-order chi connectivity index (χ0) is 15.9. The molecular weight excluding hydrogens is 300 g/mol. The van der Waals surface area contributed by atoms with Gasteiger partial charge in [-0.2, -0.15) is 0 Å². The number of hydrogen-bond acceptors (Lipinski definition) is 3. The average molecular weight is 329 g/mol. The van der Waals surface area contributed by atoms with Crippen LogP contribution in [0.2, 0.25) is 0 Å². The Morgan fingerprint density at radius 3 is 1.81 bits per heavy atom. The molecule has 0 fully saturated rings. The van der Waals surface area contributed by atoms with Crippen molar-refractivity contribution in [3.8, 4) is 0 Å². The summed E-state index contributed by atoms with van der Waals surface area (Å²) in [6.45, 7) is 12.7. The SMILES string of the molecule is CCOP(OCC)P(=Nc1ccccc1)(C(C)C)C(C)C. The average Bonchev–Trinajstić information content (AvgIpc) is 2.45. The maximum atomic E-state index is 6.04. The topological polar surface area (TPSA) is 30.8 Å². The van der Waals surface area contributed by atoms with Crippen LogP contribution >= 0.6 is 14.8 Å². The highest BCUT2D eigenvalue weighted by molar-refractivity contribution is 8.30. The predicted molar refractivity (Wildman–Crippen MR) is 95.9 cm³/mol. The first-order valence-corrected chi connectivity index (χ1v) is 11.5. The van der Waals surface area contributed by atoms with E-state index in [4.69, 9.17) is 13.8 Å². The number of hydrogen-bond donors (Lipinski definition) is 0. The maximum absolute atomic E-state index is 6.04. The zero-order valence-electron chi connectivity index (χ0n) is 14.1. The minimum Gasteiger partial charge on any atom is -0.330 e. The molecule has 0 N–H and O–H groups in total. The van der Waals surface area contributed by atoms with Gasteiger partial charge in [-0.3, -0.25) is 4.74 Å². The zero-order valence-corrected chi connectivity index (χ0v) is 15.9. The molecule has 0 aliphatic carbocycles. The molecule has 0 spiro atoms. The standard InChI is InChI=1S/C16H29NO2P2/c1-7-18-20(19-8-2)21(14(3)4,15(5)6)17-16-12-10-9-11-13-16/h9-15H,7-8H2,1-6H3. The first-order chi connectivity index (χ1) is 9.98. The molecule has 0 aliphatic heterocycles. The Labute approximate surface area is 131 Å². The summed E-state index contributed by atoms with van der Waals surface area (Å²) in [5.74, 6) is 0. The lowest BCUT2D eigenvalue weighted by Gasteiger charge is -2.37. The molecule has 1 aromatic rings. The largest absolute Gasteiger partial charge is 0.330 e. The van der Waals surface area contributed by atoms with Crippen LogP contribution < -0.4 is 0 Å². The lowest BCUT2D eigenvalue weighted by Crippen LogP contribution is -2.10. The van der Waals surface area contributed by atoms with E-state index in [1.807, 2.05) is 32.0 Å². The molecule has 0 aliphatic rings. The highest BCUT2D eigenvalue weighted by Crippen LogP contribution is 2.83. The van der Waals surface area contributed by atoms with Gasteiger partial charge in [-0.15, -0.1) is 0 Å². The normalized spacial score (nSPS) is 12.4. The van der Waals surface area contributed by atoms with Gasteiger partial charge in [0.2, 0.25) is 8.06 Å². The summed E-state index contributed by atoms with van der Waals surface area (Å²) in [5.41, 5.74) is 1.93. The maximum Gasteiger partial charge on any atom is 0.214 e. The van der Waals surface area contributed by atoms with Crippen molar-refractivity contribution < 1.29 is 9.05 Å². The van der Waals surface area contributed by atoms with Crippen LogP contribution in [-0.4, -0.2) is 24.5 Å². The van der Waals surface area contributed by atoms with Gasteiger partial charge in [-0.25, -0.2) is 0 Å². The molecule has 0 unspecified atom stereocenters. The van der Waals surface area contributed by atoms with Crippen LogP contribution in [0.3, 0.4) is 0 Å². The van der Waals surface area contributed by atoms with Crippen molar-refractivity contribution >= 4 is 20.5 Å². The third-order valence-corrected chi connectivity index (χ3v) is 13.7. The fraction of sp³-hybridized carbons (Fsp3) is 0.625. The summed E-state index contributed by atoms with van der Waals surface area (Å²) in [5, 5.41) is 0. The third kappa shape index (κ3) is 4.63. The Morgan fingerprint density at radius 1 is 0.952 bits per heavy atom. The van der Waals surface area contributed by atoms with Crippen molar-refractivity contribution in [1.29, 1.82) is 0 Å². The molecule has 0 amide bonds. The van der Waals surface area contributed by atoms with E-state index in [9.17, 15) is 0 Å². The second kappa shape index (κ2) is 9.06. The van der Waals surface area contributed by atoms with Crippen LogP contribution in [0.25, 0.3) is 0 Å². The number of rotatable bonds is 8. The minimum atomic E-state index is -1.76. The van der Waals surface area contributed by atoms with Gasteiger partial charge >= 0.3 is 0 Å². The Balaban J connectivity index is 3.43. The molecule has 5 heteroatoms. The molecule has 21 heavy (non-hydrogen) atoms. The van der Waals surface area contributed by atoms with Gasteiger partial charge in [0.25, 0.3) is 0 Å². The third-order valence-electron chi connectivity index (χ3n) is 3.29. The van der Waals surface area contributed by atoms with Crippen molar-refractivity contribution in [2.24, 2.45) is 4.74 Å². The van der Waals surface area contributed by atoms with Gasteiger partial charge in [0.15, 0.2) is 0 Å². The minimum absolute atomic E-state index is 0.446. The van der Waals surface area contributed by atoms with E-state index in [-0.39, 0.29) is 0 Å². The molecule has 0 radical (unpaired) electrons. The molecule has 0 saturated heterocycles. The van der Waals surface area contributed by atoms with E-state index < -0.39 is 14.8 Å². The van der Waals surface area contributed by atoms with Crippen LogP contribution in [0, 0.1) is 0 Å². The number of nitrogens with zero attached hydrogens (tertiary/aromatic N) is 1. The van der Waals surface area contributed by atoms with Gasteiger partial charge in [-0.1, -0.05) is 45.9 Å². The Bertz CT molecular complexity index is 443. The van der Waals surface area contributed by atoms with E-state index in [0.717, 1.165) is 5.69 Å². The number of benzene rings is 1. The summed E-state index contributed by atoms with van der Waals surface area (Å²) in [4.78, 5) is 0. The van der Waals surface area contributed by atoms with Gasteiger partial charge in [-0.05, 0) is 37.3 Å². The quantitative estimate of drug-likeness (QED) is 0.501. The van der Waals surface area contributed by atoms with E-state index in [1.165, 1.54) is 0 Å². The Hall–Kier alpha value is -0.200. The fourth-order valence-electron chi connectivity index (χ4n) is 2.36. The second-order valence-electron chi connectivity index (χ2n) is 5.40. The van der Waals surface area contributed by atoms with E-state index in [0.29, 0.717) is 24.5 Å². The van der Waals surface area contributed by atoms with Crippen LogP contribution in [-0.2, 0) is 9.05 Å². The summed E-state index contributed by atoms with van der Waals surface area (Å²) in [7, 11) is -0.967. The van der Waals surface area contributed by atoms with Gasteiger partial charge < -0.3 is 9.05 Å². The smallest absolute Gasteiger partial charge is 0.214 e. The molecule has 120 valence electrons. The molecular formula is C16H29NO2P2. The second-order valence-corrected chi connectivity index (χ2v) is 13.0. The predicted octanol–water partition coefficient (Wildman–Crippen LogP) is 6.64. The molecule has 3 nitrogen and oxygen atoms in total. The summed E-state index contributed by atoms with van der Waals surface area (Å²) >= 11 is 0. The molecule has 1 aromatic carbocycles. The van der Waals surface area contributed by atoms with Crippen molar-refractivity contribution in [3.05, 3.63) is 30.3 Å². The Morgan fingerprint density at radius 2 is 1.43 bits per heavy atom. The molecule has 1 rings (SSSR count). The first-order valence-electron chi connectivity index (χ1n) is 7.72. The summed E-state index contributed by atoms with van der Waals surface area (Å²) in [6.07, 6.45) is 0. The first kappa shape index (κ1) is 18.8. The van der Waals surface area contributed by atoms with Gasteiger partial charge in [0.1, 0.15) is 0 Å². The van der Waals surface area contributed by atoms with Crippen LogP contribution in [0.5, 0.6) is 0 Å². The monoisotopic (exact) mass is 329 g/mol. The lowest BCUT2D eigenvalue weighted by molar-refractivity contribution is 0.281. The van der Waals surface area contributed by atoms with Gasteiger partial charge in [0, 0.05) is 0 Å². The Kier molecular flexibility index (Phi) is 8.13. The molecule has 0 aromatic heterocycles. The highest BCUT2D eigenvalue weighted by atomic mass is 32.1. The fourth-order valence-corrected chi connectivity index (χ4v) is 10.8. The van der Waals surface area contributed by atoms with Crippen molar-refractivity contribution in [2.75, 3.05) is 13.2 Å². The highest BCUT2D eigenvalue weighted by Gasteiger charge is 2.39. The van der Waals surface area contributed by atoms with Crippen molar-refractivity contribution in [1.82, 2.24) is 0 Å². The van der Waals surface area contributed by atoms with Crippen LogP contribution in [0.4, 0.5) is 5.69 Å². The van der Waals surface area contributed by atoms with Crippen molar-refractivity contribution in [2.45, 2.75) is 52.9 Å². The molecule has 0 heterocycles. The van der Waals surface area contributed by atoms with Gasteiger partial charge in [0.05, 0.1) is 25.6 Å². The van der Waals surface area contributed by atoms with Crippen molar-refractivity contribution in [3.63, 3.8) is 0 Å². The molecule has 0 atom stereocenters. The lowest BCUT2D eigenvalue weighted by atomic mass is 10.3. The van der Waals surface area contributed by atoms with E-state index >= 15 is 0 Å². The van der Waals surface area contributed by atoms with Crippen LogP contribution in [0.1, 0.15) is 41.5 Å². The van der Waals surface area contributed by atoms with Crippen LogP contribution in [0.15, 0.2) is 35.1 Å². The molecule has 0 saturated carbocycles.